The fourth-order valence-electron chi connectivity index (χ4n) is 3.97. The highest BCUT2D eigenvalue weighted by atomic mass is 32.2. The zero-order valence-corrected chi connectivity index (χ0v) is 19.3. The minimum atomic E-state index is -0.229. The number of carbonyl (C=O) groups is 2. The summed E-state index contributed by atoms with van der Waals surface area (Å²) in [7, 11) is 1.61. The molecule has 0 atom stereocenters. The summed E-state index contributed by atoms with van der Waals surface area (Å²) in [5, 5.41) is -0.220. The van der Waals surface area contributed by atoms with Crippen LogP contribution in [-0.2, 0) is 9.53 Å². The molecule has 1 aromatic heterocycles. The maximum Gasteiger partial charge on any atom is 0.293 e. The number of nitrogens with zero attached hydrogens (tertiary/aromatic N) is 2. The first-order valence-electron chi connectivity index (χ1n) is 10.6. The van der Waals surface area contributed by atoms with E-state index in [0.717, 1.165) is 34.4 Å². The topological polar surface area (TPSA) is 51.5 Å². The van der Waals surface area contributed by atoms with Gasteiger partial charge in [0.15, 0.2) is 0 Å². The van der Waals surface area contributed by atoms with Gasteiger partial charge < -0.3 is 9.30 Å². The molecular formula is C26H26N2O3S. The van der Waals surface area contributed by atoms with Gasteiger partial charge in [0.05, 0.1) is 4.91 Å². The van der Waals surface area contributed by atoms with E-state index in [9.17, 15) is 9.59 Å². The van der Waals surface area contributed by atoms with Crippen molar-refractivity contribution in [2.45, 2.75) is 20.3 Å². The number of methoxy groups -OCH3 is 1. The van der Waals surface area contributed by atoms with Crippen LogP contribution in [0.4, 0.5) is 4.79 Å². The zero-order valence-electron chi connectivity index (χ0n) is 18.5. The number of aryl methyl sites for hydroxylation is 1. The van der Waals surface area contributed by atoms with Crippen molar-refractivity contribution in [2.75, 3.05) is 20.3 Å². The molecule has 0 bridgehead atoms. The highest BCUT2D eigenvalue weighted by Crippen LogP contribution is 2.34. The van der Waals surface area contributed by atoms with Crippen LogP contribution in [0.2, 0.25) is 0 Å². The summed E-state index contributed by atoms with van der Waals surface area (Å²) in [6, 6.07) is 20.8. The van der Waals surface area contributed by atoms with E-state index < -0.39 is 0 Å². The fraction of sp³-hybridized carbons (Fsp3) is 0.231. The Morgan fingerprint density at radius 3 is 2.34 bits per heavy atom. The molecule has 1 saturated heterocycles. The molecule has 4 rings (SSSR count). The number of hydrogen-bond acceptors (Lipinski definition) is 4. The maximum absolute atomic E-state index is 12.7. The molecule has 6 heteroatoms. The van der Waals surface area contributed by atoms with Gasteiger partial charge in [-0.25, -0.2) is 0 Å². The van der Waals surface area contributed by atoms with Gasteiger partial charge in [0, 0.05) is 37.3 Å². The van der Waals surface area contributed by atoms with Crippen LogP contribution in [0.1, 0.15) is 23.4 Å². The van der Waals surface area contributed by atoms with Gasteiger partial charge in [0.1, 0.15) is 0 Å². The second-order valence-electron chi connectivity index (χ2n) is 7.75. The Morgan fingerprint density at radius 1 is 0.969 bits per heavy atom. The Bertz CT molecular complexity index is 1160. The average molecular weight is 447 g/mol. The van der Waals surface area contributed by atoms with Crippen LogP contribution < -0.4 is 0 Å². The molecule has 1 fully saturated rings. The lowest BCUT2D eigenvalue weighted by atomic mass is 10.1. The average Bonchev–Trinajstić information content (AvgIpc) is 3.23. The quantitative estimate of drug-likeness (QED) is 0.338. The molecule has 0 spiro atoms. The normalized spacial score (nSPS) is 15.2. The first-order chi connectivity index (χ1) is 15.5. The number of rotatable bonds is 7. The Kier molecular flexibility index (Phi) is 6.63. The molecule has 2 aromatic carbocycles. The van der Waals surface area contributed by atoms with E-state index in [-0.39, 0.29) is 11.1 Å². The second-order valence-corrected chi connectivity index (χ2v) is 8.75. The van der Waals surface area contributed by atoms with Crippen LogP contribution in [0, 0.1) is 13.8 Å². The third kappa shape index (κ3) is 4.42. The molecule has 5 nitrogen and oxygen atoms in total. The van der Waals surface area contributed by atoms with Crippen LogP contribution in [-0.4, -0.2) is 40.9 Å². The number of carbonyl (C=O) groups excluding carboxylic acids is 2. The van der Waals surface area contributed by atoms with Crippen LogP contribution in [0.25, 0.3) is 22.9 Å². The highest BCUT2D eigenvalue weighted by Gasteiger charge is 2.34. The molecule has 0 unspecified atom stereocenters. The van der Waals surface area contributed by atoms with Gasteiger partial charge in [-0.15, -0.1) is 0 Å². The highest BCUT2D eigenvalue weighted by molar-refractivity contribution is 8.18. The minimum Gasteiger partial charge on any atom is -0.385 e. The van der Waals surface area contributed by atoms with E-state index in [0.29, 0.717) is 24.5 Å². The van der Waals surface area contributed by atoms with Crippen molar-refractivity contribution in [1.82, 2.24) is 9.47 Å². The maximum atomic E-state index is 12.7. The van der Waals surface area contributed by atoms with Gasteiger partial charge in [-0.3, -0.25) is 14.5 Å². The Hall–Kier alpha value is -3.09. The number of imide groups is 1. The summed E-state index contributed by atoms with van der Waals surface area (Å²) < 4.78 is 7.20. The van der Waals surface area contributed by atoms with Crippen molar-refractivity contribution in [3.8, 4) is 16.8 Å². The van der Waals surface area contributed by atoms with E-state index >= 15 is 0 Å². The number of ether oxygens (including phenoxy) is 1. The van der Waals surface area contributed by atoms with Crippen molar-refractivity contribution in [2.24, 2.45) is 0 Å². The van der Waals surface area contributed by atoms with Crippen LogP contribution in [0.3, 0.4) is 0 Å². The standard InChI is InChI=1S/C26H26N2O3S/c1-18-16-22(17-24-25(29)27(26(30)32-24)14-7-15-31-3)19(2)28(18)23-12-10-21(11-13-23)20-8-5-4-6-9-20/h4-6,8-13,16-17H,7,14-15H2,1-3H3/b24-17-. The number of benzene rings is 2. The van der Waals surface area contributed by atoms with E-state index in [1.807, 2.05) is 38.1 Å². The third-order valence-corrected chi connectivity index (χ3v) is 6.50. The van der Waals surface area contributed by atoms with Crippen molar-refractivity contribution in [3.63, 3.8) is 0 Å². The first-order valence-corrected chi connectivity index (χ1v) is 11.4. The van der Waals surface area contributed by atoms with Crippen molar-refractivity contribution in [3.05, 3.63) is 82.5 Å². The molecule has 1 aliphatic rings. The summed E-state index contributed by atoms with van der Waals surface area (Å²) in [6.45, 7) is 4.98. The van der Waals surface area contributed by atoms with Crippen LogP contribution in [0.5, 0.6) is 0 Å². The summed E-state index contributed by atoms with van der Waals surface area (Å²) >= 11 is 1.00. The minimum absolute atomic E-state index is 0.220. The van der Waals surface area contributed by atoms with Gasteiger partial charge in [-0.2, -0.15) is 0 Å². The summed E-state index contributed by atoms with van der Waals surface area (Å²) in [5.41, 5.74) is 6.45. The van der Waals surface area contributed by atoms with Gasteiger partial charge in [0.25, 0.3) is 11.1 Å². The van der Waals surface area contributed by atoms with Crippen molar-refractivity contribution in [1.29, 1.82) is 0 Å². The predicted octanol–water partition coefficient (Wildman–Crippen LogP) is 5.83. The lowest BCUT2D eigenvalue weighted by molar-refractivity contribution is -0.122. The number of hydrogen-bond donors (Lipinski definition) is 0. The van der Waals surface area contributed by atoms with Gasteiger partial charge in [0.2, 0.25) is 0 Å². The smallest absolute Gasteiger partial charge is 0.293 e. The summed E-state index contributed by atoms with van der Waals surface area (Å²) in [5.74, 6) is -0.229. The van der Waals surface area contributed by atoms with E-state index in [1.165, 1.54) is 16.0 Å². The fourth-order valence-corrected chi connectivity index (χ4v) is 4.82. The molecule has 164 valence electrons. The predicted molar refractivity (Wildman–Crippen MR) is 130 cm³/mol. The summed E-state index contributed by atoms with van der Waals surface area (Å²) in [6.07, 6.45) is 2.47. The second kappa shape index (κ2) is 9.59. The lowest BCUT2D eigenvalue weighted by Crippen LogP contribution is -2.29. The molecule has 0 aliphatic carbocycles. The Labute approximate surface area is 192 Å². The van der Waals surface area contributed by atoms with Gasteiger partial charge in [-0.05, 0) is 73.0 Å². The van der Waals surface area contributed by atoms with E-state index in [1.54, 1.807) is 7.11 Å². The Morgan fingerprint density at radius 2 is 1.66 bits per heavy atom. The molecule has 3 aromatic rings. The van der Waals surface area contributed by atoms with Gasteiger partial charge in [-0.1, -0.05) is 42.5 Å². The molecule has 32 heavy (non-hydrogen) atoms. The molecule has 0 N–H and O–H groups in total. The Balaban J connectivity index is 1.58. The van der Waals surface area contributed by atoms with Crippen LogP contribution >= 0.6 is 11.8 Å². The van der Waals surface area contributed by atoms with E-state index in [2.05, 4.69) is 47.0 Å². The first kappa shape index (κ1) is 22.1. The SMILES string of the molecule is COCCCN1C(=O)S/C(=C\c2cc(C)n(-c3ccc(-c4ccccc4)cc3)c2C)C1=O. The molecule has 2 heterocycles. The molecule has 0 radical (unpaired) electrons. The molecule has 0 saturated carbocycles. The number of thioether (sulfide) groups is 1. The molecule has 1 aliphatic heterocycles. The third-order valence-electron chi connectivity index (χ3n) is 5.59. The largest absolute Gasteiger partial charge is 0.385 e. The summed E-state index contributed by atoms with van der Waals surface area (Å²) in [4.78, 5) is 26.8. The van der Waals surface area contributed by atoms with Crippen molar-refractivity contribution >= 4 is 29.0 Å². The van der Waals surface area contributed by atoms with Crippen molar-refractivity contribution < 1.29 is 14.3 Å². The zero-order chi connectivity index (χ0) is 22.7. The molecular weight excluding hydrogens is 420 g/mol. The number of aromatic nitrogens is 1. The van der Waals surface area contributed by atoms with E-state index in [4.69, 9.17) is 4.74 Å². The monoisotopic (exact) mass is 446 g/mol. The number of amides is 2. The lowest BCUT2D eigenvalue weighted by Gasteiger charge is -2.11. The van der Waals surface area contributed by atoms with Crippen LogP contribution in [0.15, 0.2) is 65.6 Å². The van der Waals surface area contributed by atoms with Gasteiger partial charge >= 0.3 is 0 Å². The molecule has 2 amide bonds.